The first kappa shape index (κ1) is 20.0. The van der Waals surface area contributed by atoms with Gasteiger partial charge < -0.3 is 4.90 Å². The summed E-state index contributed by atoms with van der Waals surface area (Å²) < 4.78 is 29.2. The average Bonchev–Trinajstić information content (AvgIpc) is 3.23. The van der Waals surface area contributed by atoms with Gasteiger partial charge in [-0.1, -0.05) is 6.42 Å². The number of piperidine rings is 1. The summed E-state index contributed by atoms with van der Waals surface area (Å²) in [6, 6.07) is 1.99. The molecule has 0 spiro atoms. The molecule has 1 saturated heterocycles. The summed E-state index contributed by atoms with van der Waals surface area (Å²) in [5.41, 5.74) is 2.05. The summed E-state index contributed by atoms with van der Waals surface area (Å²) in [5.74, 6) is -0.103. The van der Waals surface area contributed by atoms with Gasteiger partial charge in [0.05, 0.1) is 11.4 Å². The van der Waals surface area contributed by atoms with Gasteiger partial charge >= 0.3 is 0 Å². The van der Waals surface area contributed by atoms with Crippen molar-refractivity contribution in [3.63, 3.8) is 0 Å². The van der Waals surface area contributed by atoms with Crippen molar-refractivity contribution in [1.82, 2.24) is 19.0 Å². The second kappa shape index (κ2) is 8.12. The molecule has 148 valence electrons. The van der Waals surface area contributed by atoms with Crippen molar-refractivity contribution in [2.45, 2.75) is 51.1 Å². The van der Waals surface area contributed by atoms with E-state index in [1.807, 2.05) is 16.8 Å². The van der Waals surface area contributed by atoms with Crippen molar-refractivity contribution in [3.05, 3.63) is 33.8 Å². The van der Waals surface area contributed by atoms with Gasteiger partial charge in [-0.15, -0.1) is 0 Å². The number of rotatable bonds is 6. The molecule has 7 nitrogen and oxygen atoms in total. The molecule has 0 aliphatic carbocycles. The van der Waals surface area contributed by atoms with E-state index in [0.717, 1.165) is 24.8 Å². The number of hydrogen-bond donors (Lipinski definition) is 0. The second-order valence-electron chi connectivity index (χ2n) is 7.00. The number of carbonyl (C=O) groups is 1. The Balaban J connectivity index is 1.78. The predicted octanol–water partition coefficient (Wildman–Crippen LogP) is 2.39. The fraction of sp³-hybridized carbons (Fsp3) is 0.556. The molecule has 0 aromatic carbocycles. The van der Waals surface area contributed by atoms with Crippen LogP contribution >= 0.6 is 11.3 Å². The zero-order chi connectivity index (χ0) is 19.6. The van der Waals surface area contributed by atoms with Gasteiger partial charge in [-0.2, -0.15) is 20.7 Å². The molecule has 3 rings (SSSR count). The van der Waals surface area contributed by atoms with Gasteiger partial charge in [0, 0.05) is 26.7 Å². The molecule has 0 radical (unpaired) electrons. The zero-order valence-corrected chi connectivity index (χ0v) is 17.6. The van der Waals surface area contributed by atoms with Crippen molar-refractivity contribution in [3.8, 4) is 0 Å². The van der Waals surface area contributed by atoms with Crippen LogP contribution in [0, 0.1) is 13.8 Å². The highest BCUT2D eigenvalue weighted by molar-refractivity contribution is 7.89. The molecule has 3 heterocycles. The Labute approximate surface area is 164 Å². The van der Waals surface area contributed by atoms with Crippen molar-refractivity contribution < 1.29 is 13.2 Å². The van der Waals surface area contributed by atoms with Gasteiger partial charge in [0.25, 0.3) is 0 Å². The largest absolute Gasteiger partial charge is 0.340 e. The fourth-order valence-electron chi connectivity index (χ4n) is 3.44. The molecule has 1 amide bonds. The number of likely N-dealkylation sites (N-methyl/N-ethyl adjacent to an activating group) is 1. The van der Waals surface area contributed by atoms with E-state index in [4.69, 9.17) is 0 Å². The summed E-state index contributed by atoms with van der Waals surface area (Å²) in [4.78, 5) is 14.5. The molecule has 1 aliphatic heterocycles. The van der Waals surface area contributed by atoms with E-state index in [1.54, 1.807) is 41.4 Å². The lowest BCUT2D eigenvalue weighted by molar-refractivity contribution is -0.131. The molecule has 2 aromatic heterocycles. The van der Waals surface area contributed by atoms with E-state index in [1.165, 1.54) is 4.68 Å². The standard InChI is InChI=1S/C18H26N4O3S2/c1-14-18(27(24,25)21-8-5-4-6-9-21)15(2)22(19-14)12-17(23)20(3)11-16-7-10-26-13-16/h7,10,13H,4-6,8-9,11-12H2,1-3H3. The van der Waals surface area contributed by atoms with Crippen LogP contribution in [0.5, 0.6) is 0 Å². The van der Waals surface area contributed by atoms with Crippen LogP contribution in [-0.4, -0.2) is 53.4 Å². The molecule has 27 heavy (non-hydrogen) atoms. The number of aryl methyl sites for hydroxylation is 1. The molecular weight excluding hydrogens is 384 g/mol. The van der Waals surface area contributed by atoms with Crippen LogP contribution in [0.15, 0.2) is 21.7 Å². The summed E-state index contributed by atoms with van der Waals surface area (Å²) in [6.07, 6.45) is 2.84. The van der Waals surface area contributed by atoms with Crippen LogP contribution < -0.4 is 0 Å². The smallest absolute Gasteiger partial charge is 0.246 e. The minimum atomic E-state index is -3.57. The molecule has 1 fully saturated rings. The lowest BCUT2D eigenvalue weighted by Gasteiger charge is -2.26. The van der Waals surface area contributed by atoms with Gasteiger partial charge in [0.15, 0.2) is 0 Å². The number of carbonyl (C=O) groups excluding carboxylic acids is 1. The van der Waals surface area contributed by atoms with Crippen LogP contribution in [0.25, 0.3) is 0 Å². The highest BCUT2D eigenvalue weighted by atomic mass is 32.2. The molecule has 0 saturated carbocycles. The normalized spacial score (nSPS) is 15.8. The Morgan fingerprint density at radius 1 is 1.26 bits per heavy atom. The third-order valence-electron chi connectivity index (χ3n) is 4.94. The van der Waals surface area contributed by atoms with Gasteiger partial charge in [-0.05, 0) is 49.1 Å². The first-order valence-corrected chi connectivity index (χ1v) is 11.5. The quantitative estimate of drug-likeness (QED) is 0.733. The maximum absolute atomic E-state index is 13.1. The van der Waals surface area contributed by atoms with E-state index in [2.05, 4.69) is 5.10 Å². The third-order valence-corrected chi connectivity index (χ3v) is 7.82. The fourth-order valence-corrected chi connectivity index (χ4v) is 5.99. The monoisotopic (exact) mass is 410 g/mol. The Bertz CT molecular complexity index is 897. The molecule has 2 aromatic rings. The summed E-state index contributed by atoms with van der Waals surface area (Å²) in [6.45, 7) is 5.08. The number of aromatic nitrogens is 2. The molecule has 0 atom stereocenters. The number of hydrogen-bond acceptors (Lipinski definition) is 5. The lowest BCUT2D eigenvalue weighted by atomic mass is 10.2. The van der Waals surface area contributed by atoms with Crippen molar-refractivity contribution >= 4 is 27.3 Å². The maximum Gasteiger partial charge on any atom is 0.246 e. The number of sulfonamides is 1. The van der Waals surface area contributed by atoms with Gasteiger partial charge in [0.1, 0.15) is 11.4 Å². The Kier molecular flexibility index (Phi) is 6.02. The average molecular weight is 411 g/mol. The first-order valence-electron chi connectivity index (χ1n) is 9.10. The number of nitrogens with zero attached hydrogens (tertiary/aromatic N) is 4. The highest BCUT2D eigenvalue weighted by Crippen LogP contribution is 2.26. The lowest BCUT2D eigenvalue weighted by Crippen LogP contribution is -2.36. The predicted molar refractivity (Wildman–Crippen MR) is 105 cm³/mol. The minimum Gasteiger partial charge on any atom is -0.340 e. The third kappa shape index (κ3) is 4.25. The Hall–Kier alpha value is -1.71. The maximum atomic E-state index is 13.1. The number of amides is 1. The van der Waals surface area contributed by atoms with Crippen molar-refractivity contribution in [2.75, 3.05) is 20.1 Å². The van der Waals surface area contributed by atoms with Crippen LogP contribution in [0.2, 0.25) is 0 Å². The van der Waals surface area contributed by atoms with E-state index >= 15 is 0 Å². The summed E-state index contributed by atoms with van der Waals surface area (Å²) >= 11 is 1.59. The SMILES string of the molecule is Cc1nn(CC(=O)N(C)Cc2ccsc2)c(C)c1S(=O)(=O)N1CCCCC1. The Morgan fingerprint density at radius 3 is 2.59 bits per heavy atom. The summed E-state index contributed by atoms with van der Waals surface area (Å²) in [7, 11) is -1.83. The van der Waals surface area contributed by atoms with Crippen molar-refractivity contribution in [1.29, 1.82) is 0 Å². The van der Waals surface area contributed by atoms with Gasteiger partial charge in [-0.3, -0.25) is 9.48 Å². The van der Waals surface area contributed by atoms with Gasteiger partial charge in [0.2, 0.25) is 15.9 Å². The molecule has 9 heteroatoms. The van der Waals surface area contributed by atoms with Gasteiger partial charge in [-0.25, -0.2) is 8.42 Å². The van der Waals surface area contributed by atoms with E-state index < -0.39 is 10.0 Å². The molecule has 0 bridgehead atoms. The Morgan fingerprint density at radius 2 is 1.96 bits per heavy atom. The topological polar surface area (TPSA) is 75.5 Å². The van der Waals surface area contributed by atoms with E-state index in [9.17, 15) is 13.2 Å². The van der Waals surface area contributed by atoms with Crippen LogP contribution in [0.1, 0.15) is 36.2 Å². The molecular formula is C18H26N4O3S2. The number of thiophene rings is 1. The van der Waals surface area contributed by atoms with Crippen molar-refractivity contribution in [2.24, 2.45) is 0 Å². The summed E-state index contributed by atoms with van der Waals surface area (Å²) in [5, 5.41) is 8.34. The van der Waals surface area contributed by atoms with E-state index in [0.29, 0.717) is 31.0 Å². The zero-order valence-electron chi connectivity index (χ0n) is 16.0. The highest BCUT2D eigenvalue weighted by Gasteiger charge is 2.32. The van der Waals surface area contributed by atoms with E-state index in [-0.39, 0.29) is 17.3 Å². The van der Waals surface area contributed by atoms with Crippen LogP contribution in [0.3, 0.4) is 0 Å². The van der Waals surface area contributed by atoms with Crippen LogP contribution in [-0.2, 0) is 27.9 Å². The molecule has 0 unspecified atom stereocenters. The first-order chi connectivity index (χ1) is 12.8. The molecule has 1 aliphatic rings. The molecule has 0 N–H and O–H groups in total. The van der Waals surface area contributed by atoms with Crippen LogP contribution in [0.4, 0.5) is 0 Å². The minimum absolute atomic E-state index is 0.0306. The second-order valence-corrected chi connectivity index (χ2v) is 9.66.